The van der Waals surface area contributed by atoms with Crippen molar-refractivity contribution in [2.45, 2.75) is 39.7 Å². The van der Waals surface area contributed by atoms with Gasteiger partial charge in [-0.2, -0.15) is 0 Å². The van der Waals surface area contributed by atoms with Gasteiger partial charge in [0.2, 0.25) is 5.91 Å². The topological polar surface area (TPSA) is 66.0 Å². The molecule has 152 valence electrons. The fraction of sp³-hybridized carbons (Fsp3) is 0.600. The van der Waals surface area contributed by atoms with Gasteiger partial charge in [-0.1, -0.05) is 19.1 Å². The maximum absolute atomic E-state index is 11.8. The van der Waals surface area contributed by atoms with Gasteiger partial charge >= 0.3 is 0 Å². The quantitative estimate of drug-likeness (QED) is 0.334. The number of hydrogen-bond donors (Lipinski definition) is 2. The Bertz CT molecular complexity index is 603. The Labute approximate surface area is 180 Å². The molecule has 0 aliphatic carbocycles. The van der Waals surface area contributed by atoms with Crippen LogP contribution in [0.2, 0.25) is 0 Å². The van der Waals surface area contributed by atoms with E-state index in [0.29, 0.717) is 18.9 Å². The van der Waals surface area contributed by atoms with E-state index in [4.69, 9.17) is 9.73 Å². The molecule has 1 saturated heterocycles. The average molecular weight is 488 g/mol. The van der Waals surface area contributed by atoms with Crippen LogP contribution in [0.15, 0.2) is 29.3 Å². The highest BCUT2D eigenvalue weighted by Crippen LogP contribution is 2.14. The number of carbonyl (C=O) groups is 1. The van der Waals surface area contributed by atoms with E-state index in [1.165, 1.54) is 0 Å². The van der Waals surface area contributed by atoms with Crippen molar-refractivity contribution >= 4 is 41.5 Å². The molecule has 1 fully saturated rings. The number of nitrogens with one attached hydrogen (secondary N) is 2. The van der Waals surface area contributed by atoms with Crippen molar-refractivity contribution in [2.75, 3.05) is 38.7 Å². The molecule has 7 heteroatoms. The minimum atomic E-state index is 0. The van der Waals surface area contributed by atoms with E-state index in [-0.39, 0.29) is 29.9 Å². The van der Waals surface area contributed by atoms with Gasteiger partial charge in [0.15, 0.2) is 5.96 Å². The van der Waals surface area contributed by atoms with Crippen LogP contribution in [0.4, 0.5) is 5.69 Å². The lowest BCUT2D eigenvalue weighted by molar-refractivity contribution is -0.116. The number of rotatable bonds is 8. The van der Waals surface area contributed by atoms with Crippen LogP contribution < -0.4 is 10.6 Å². The average Bonchev–Trinajstić information content (AvgIpc) is 3.12. The molecule has 2 rings (SSSR count). The third-order valence-electron chi connectivity index (χ3n) is 4.35. The van der Waals surface area contributed by atoms with Crippen molar-refractivity contribution in [3.05, 3.63) is 29.8 Å². The minimum Gasteiger partial charge on any atom is -0.381 e. The Morgan fingerprint density at radius 3 is 2.85 bits per heavy atom. The van der Waals surface area contributed by atoms with Crippen molar-refractivity contribution in [3.63, 3.8) is 0 Å². The molecule has 1 aliphatic rings. The molecular formula is C20H33IN4O2. The number of halogens is 1. The second kappa shape index (κ2) is 12.9. The zero-order valence-electron chi connectivity index (χ0n) is 16.7. The maximum atomic E-state index is 11.8. The summed E-state index contributed by atoms with van der Waals surface area (Å²) in [4.78, 5) is 18.7. The standard InChI is InChI=1S/C20H32N4O2.HI/c1-4-7-19(25)23-18-9-6-8-16(12-18)13-22-20(21-5-2)24(3)14-17-10-11-26-15-17;/h6,8-9,12,17H,4-5,7,10-11,13-15H2,1-3H3,(H,21,22)(H,23,25);1H. The third-order valence-corrected chi connectivity index (χ3v) is 4.35. The van der Waals surface area contributed by atoms with Crippen LogP contribution in [-0.4, -0.2) is 50.1 Å². The molecule has 0 radical (unpaired) electrons. The SMILES string of the molecule is CCCC(=O)Nc1cccc(CN=C(NCC)N(C)CC2CCOC2)c1.I. The lowest BCUT2D eigenvalue weighted by atomic mass is 10.1. The summed E-state index contributed by atoms with van der Waals surface area (Å²) in [7, 11) is 2.07. The molecule has 27 heavy (non-hydrogen) atoms. The van der Waals surface area contributed by atoms with E-state index in [1.807, 2.05) is 31.2 Å². The molecule has 1 aromatic rings. The summed E-state index contributed by atoms with van der Waals surface area (Å²) in [6, 6.07) is 7.90. The first-order valence-electron chi connectivity index (χ1n) is 9.58. The summed E-state index contributed by atoms with van der Waals surface area (Å²) >= 11 is 0. The van der Waals surface area contributed by atoms with Crippen molar-refractivity contribution in [3.8, 4) is 0 Å². The van der Waals surface area contributed by atoms with E-state index < -0.39 is 0 Å². The zero-order valence-corrected chi connectivity index (χ0v) is 19.0. The van der Waals surface area contributed by atoms with E-state index in [2.05, 4.69) is 29.5 Å². The number of amides is 1. The predicted octanol–water partition coefficient (Wildman–Crippen LogP) is 3.48. The number of guanidine groups is 1. The molecule has 6 nitrogen and oxygen atoms in total. The highest BCUT2D eigenvalue weighted by Gasteiger charge is 2.19. The van der Waals surface area contributed by atoms with E-state index in [1.54, 1.807) is 0 Å². The summed E-state index contributed by atoms with van der Waals surface area (Å²) in [5, 5.41) is 6.30. The van der Waals surface area contributed by atoms with Gasteiger partial charge in [-0.25, -0.2) is 4.99 Å². The van der Waals surface area contributed by atoms with Crippen molar-refractivity contribution in [2.24, 2.45) is 10.9 Å². The lowest BCUT2D eigenvalue weighted by Crippen LogP contribution is -2.41. The summed E-state index contributed by atoms with van der Waals surface area (Å²) in [5.41, 5.74) is 1.91. The predicted molar refractivity (Wildman–Crippen MR) is 122 cm³/mol. The van der Waals surface area contributed by atoms with Gasteiger partial charge in [-0.05, 0) is 37.5 Å². The number of anilines is 1. The Kier molecular flexibility index (Phi) is 11.3. The molecule has 0 spiro atoms. The largest absolute Gasteiger partial charge is 0.381 e. The van der Waals surface area contributed by atoms with E-state index >= 15 is 0 Å². The van der Waals surface area contributed by atoms with E-state index in [0.717, 1.165) is 56.4 Å². The van der Waals surface area contributed by atoms with Crippen LogP contribution in [-0.2, 0) is 16.1 Å². The first-order chi connectivity index (χ1) is 12.6. The number of ether oxygens (including phenoxy) is 1. The Morgan fingerprint density at radius 2 is 2.19 bits per heavy atom. The Balaban J connectivity index is 0.00000364. The van der Waals surface area contributed by atoms with Gasteiger partial charge in [0.25, 0.3) is 0 Å². The number of aliphatic imine (C=N–C) groups is 1. The van der Waals surface area contributed by atoms with Crippen LogP contribution >= 0.6 is 24.0 Å². The summed E-state index contributed by atoms with van der Waals surface area (Å²) < 4.78 is 5.47. The van der Waals surface area contributed by atoms with Crippen LogP contribution in [0.3, 0.4) is 0 Å². The molecule has 0 aromatic heterocycles. The molecule has 1 atom stereocenters. The molecule has 1 amide bonds. The fourth-order valence-electron chi connectivity index (χ4n) is 3.03. The number of hydrogen-bond acceptors (Lipinski definition) is 3. The second-order valence-electron chi connectivity index (χ2n) is 6.78. The number of nitrogens with zero attached hydrogens (tertiary/aromatic N) is 2. The summed E-state index contributed by atoms with van der Waals surface area (Å²) in [6.07, 6.45) is 2.51. The van der Waals surface area contributed by atoms with Gasteiger partial charge in [0.05, 0.1) is 13.2 Å². The molecule has 1 unspecified atom stereocenters. The summed E-state index contributed by atoms with van der Waals surface area (Å²) in [6.45, 7) is 8.13. The fourth-order valence-corrected chi connectivity index (χ4v) is 3.03. The third kappa shape index (κ3) is 8.47. The first kappa shape index (κ1) is 23.7. The van der Waals surface area contributed by atoms with Crippen LogP contribution in [0.1, 0.15) is 38.7 Å². The van der Waals surface area contributed by atoms with Gasteiger partial charge in [-0.15, -0.1) is 24.0 Å². The van der Waals surface area contributed by atoms with Crippen molar-refractivity contribution < 1.29 is 9.53 Å². The lowest BCUT2D eigenvalue weighted by Gasteiger charge is -2.24. The zero-order chi connectivity index (χ0) is 18.8. The van der Waals surface area contributed by atoms with Crippen LogP contribution in [0.5, 0.6) is 0 Å². The molecule has 0 bridgehead atoms. The number of benzene rings is 1. The maximum Gasteiger partial charge on any atom is 0.224 e. The van der Waals surface area contributed by atoms with Gasteiger partial charge in [-0.3, -0.25) is 4.79 Å². The summed E-state index contributed by atoms with van der Waals surface area (Å²) in [5.74, 6) is 1.53. The second-order valence-corrected chi connectivity index (χ2v) is 6.78. The van der Waals surface area contributed by atoms with Crippen LogP contribution in [0, 0.1) is 5.92 Å². The Morgan fingerprint density at radius 1 is 1.37 bits per heavy atom. The molecule has 1 aromatic carbocycles. The first-order valence-corrected chi connectivity index (χ1v) is 9.58. The molecule has 0 saturated carbocycles. The minimum absolute atomic E-state index is 0. The molecule has 2 N–H and O–H groups in total. The smallest absolute Gasteiger partial charge is 0.224 e. The van der Waals surface area contributed by atoms with E-state index in [9.17, 15) is 4.79 Å². The normalized spacial score (nSPS) is 16.6. The molecular weight excluding hydrogens is 455 g/mol. The van der Waals surface area contributed by atoms with Crippen LogP contribution in [0.25, 0.3) is 0 Å². The number of carbonyl (C=O) groups excluding carboxylic acids is 1. The highest BCUT2D eigenvalue weighted by atomic mass is 127. The highest BCUT2D eigenvalue weighted by molar-refractivity contribution is 14.0. The molecule has 1 heterocycles. The van der Waals surface area contributed by atoms with Crippen molar-refractivity contribution in [1.29, 1.82) is 0 Å². The monoisotopic (exact) mass is 488 g/mol. The van der Waals surface area contributed by atoms with Gasteiger partial charge < -0.3 is 20.3 Å². The Hall–Kier alpha value is -1.35. The van der Waals surface area contributed by atoms with Gasteiger partial charge in [0, 0.05) is 44.8 Å². The van der Waals surface area contributed by atoms with Gasteiger partial charge in [0.1, 0.15) is 0 Å². The molecule has 1 aliphatic heterocycles. The van der Waals surface area contributed by atoms with Crippen molar-refractivity contribution in [1.82, 2.24) is 10.2 Å².